The van der Waals surface area contributed by atoms with Gasteiger partial charge in [0, 0.05) is 6.04 Å². The standard InChI is InChI=1S/C10H18N2O3/c1-7(9(13)14)11-10(15)12-8-5-3-2-4-6-8/h7-8H,2-6H2,1H3,(H,13,14)(H2,11,12,15). The van der Waals surface area contributed by atoms with E-state index in [1.165, 1.54) is 13.3 Å². The molecule has 1 rings (SSSR count). The van der Waals surface area contributed by atoms with Gasteiger partial charge in [-0.15, -0.1) is 0 Å². The van der Waals surface area contributed by atoms with Crippen LogP contribution < -0.4 is 10.6 Å². The van der Waals surface area contributed by atoms with E-state index in [1.807, 2.05) is 0 Å². The minimum Gasteiger partial charge on any atom is -0.480 e. The van der Waals surface area contributed by atoms with Gasteiger partial charge in [-0.3, -0.25) is 4.79 Å². The van der Waals surface area contributed by atoms with Crippen molar-refractivity contribution in [3.05, 3.63) is 0 Å². The number of amides is 2. The molecule has 0 saturated heterocycles. The number of carbonyl (C=O) groups is 2. The van der Waals surface area contributed by atoms with Crippen LogP contribution in [0, 0.1) is 0 Å². The monoisotopic (exact) mass is 214 g/mol. The van der Waals surface area contributed by atoms with Gasteiger partial charge in [-0.05, 0) is 19.8 Å². The van der Waals surface area contributed by atoms with Crippen LogP contribution in [0.15, 0.2) is 0 Å². The van der Waals surface area contributed by atoms with Crippen molar-refractivity contribution < 1.29 is 14.7 Å². The van der Waals surface area contributed by atoms with Gasteiger partial charge in [-0.25, -0.2) is 4.79 Å². The van der Waals surface area contributed by atoms with Crippen LogP contribution in [0.4, 0.5) is 4.79 Å². The summed E-state index contributed by atoms with van der Waals surface area (Å²) in [5.41, 5.74) is 0. The molecule has 0 spiro atoms. The lowest BCUT2D eigenvalue weighted by Crippen LogP contribution is -2.48. The van der Waals surface area contributed by atoms with E-state index < -0.39 is 12.0 Å². The Balaban J connectivity index is 2.25. The van der Waals surface area contributed by atoms with Gasteiger partial charge in [0.05, 0.1) is 0 Å². The Bertz CT molecular complexity index is 237. The molecular weight excluding hydrogens is 196 g/mol. The highest BCUT2D eigenvalue weighted by atomic mass is 16.4. The predicted molar refractivity (Wildman–Crippen MR) is 55.6 cm³/mol. The zero-order valence-electron chi connectivity index (χ0n) is 8.95. The van der Waals surface area contributed by atoms with E-state index in [1.54, 1.807) is 0 Å². The predicted octanol–water partition coefficient (Wildman–Crippen LogP) is 1.09. The lowest BCUT2D eigenvalue weighted by Gasteiger charge is -2.23. The van der Waals surface area contributed by atoms with Crippen LogP contribution in [0.2, 0.25) is 0 Å². The van der Waals surface area contributed by atoms with Crippen molar-refractivity contribution in [2.24, 2.45) is 0 Å². The molecule has 5 nitrogen and oxygen atoms in total. The molecule has 86 valence electrons. The van der Waals surface area contributed by atoms with E-state index in [0.29, 0.717) is 0 Å². The second-order valence-electron chi connectivity index (χ2n) is 4.01. The average molecular weight is 214 g/mol. The Kier molecular flexibility index (Phi) is 4.39. The topological polar surface area (TPSA) is 78.4 Å². The van der Waals surface area contributed by atoms with E-state index in [9.17, 15) is 9.59 Å². The summed E-state index contributed by atoms with van der Waals surface area (Å²) in [6.45, 7) is 1.45. The van der Waals surface area contributed by atoms with Crippen molar-refractivity contribution >= 4 is 12.0 Å². The first-order chi connectivity index (χ1) is 7.09. The maximum atomic E-state index is 11.3. The minimum atomic E-state index is -1.02. The van der Waals surface area contributed by atoms with E-state index in [4.69, 9.17) is 5.11 Å². The van der Waals surface area contributed by atoms with Gasteiger partial charge in [0.15, 0.2) is 0 Å². The Morgan fingerprint density at radius 3 is 2.40 bits per heavy atom. The molecule has 0 aromatic carbocycles. The molecule has 0 heterocycles. The highest BCUT2D eigenvalue weighted by Gasteiger charge is 2.18. The number of urea groups is 1. The van der Waals surface area contributed by atoms with Gasteiger partial charge in [-0.1, -0.05) is 19.3 Å². The number of carboxylic acids is 1. The summed E-state index contributed by atoms with van der Waals surface area (Å²) in [6.07, 6.45) is 5.49. The van der Waals surface area contributed by atoms with Crippen LogP contribution in [0.25, 0.3) is 0 Å². The molecule has 5 heteroatoms. The number of carbonyl (C=O) groups excluding carboxylic acids is 1. The number of hydrogen-bond donors (Lipinski definition) is 3. The van der Waals surface area contributed by atoms with Crippen molar-refractivity contribution in [3.8, 4) is 0 Å². The molecule has 0 aromatic rings. The first kappa shape index (κ1) is 11.8. The molecular formula is C10H18N2O3. The van der Waals surface area contributed by atoms with E-state index >= 15 is 0 Å². The van der Waals surface area contributed by atoms with E-state index in [0.717, 1.165) is 25.7 Å². The molecule has 3 N–H and O–H groups in total. The van der Waals surface area contributed by atoms with Crippen LogP contribution in [-0.2, 0) is 4.79 Å². The third-order valence-corrected chi connectivity index (χ3v) is 2.66. The maximum absolute atomic E-state index is 11.3. The lowest BCUT2D eigenvalue weighted by molar-refractivity contribution is -0.138. The van der Waals surface area contributed by atoms with Crippen LogP contribution >= 0.6 is 0 Å². The van der Waals surface area contributed by atoms with Crippen LogP contribution in [0.1, 0.15) is 39.0 Å². The van der Waals surface area contributed by atoms with Gasteiger partial charge in [-0.2, -0.15) is 0 Å². The second-order valence-corrected chi connectivity index (χ2v) is 4.01. The molecule has 2 amide bonds. The summed E-state index contributed by atoms with van der Waals surface area (Å²) in [7, 11) is 0. The Hall–Kier alpha value is -1.26. The normalized spacial score (nSPS) is 19.3. The van der Waals surface area contributed by atoms with Gasteiger partial charge in [0.1, 0.15) is 6.04 Å². The van der Waals surface area contributed by atoms with Crippen LogP contribution in [0.5, 0.6) is 0 Å². The summed E-state index contributed by atoms with van der Waals surface area (Å²) < 4.78 is 0. The first-order valence-corrected chi connectivity index (χ1v) is 5.39. The van der Waals surface area contributed by atoms with E-state index in [2.05, 4.69) is 10.6 Å². The molecule has 1 aliphatic rings. The first-order valence-electron chi connectivity index (χ1n) is 5.39. The molecule has 0 bridgehead atoms. The third-order valence-electron chi connectivity index (χ3n) is 2.66. The summed E-state index contributed by atoms with van der Waals surface area (Å²) >= 11 is 0. The van der Waals surface area contributed by atoms with Crippen LogP contribution in [0.3, 0.4) is 0 Å². The summed E-state index contributed by atoms with van der Waals surface area (Å²) in [4.78, 5) is 21.8. The summed E-state index contributed by atoms with van der Waals surface area (Å²) in [6, 6.07) is -1.01. The van der Waals surface area contributed by atoms with Gasteiger partial charge >= 0.3 is 12.0 Å². The fourth-order valence-electron chi connectivity index (χ4n) is 1.73. The van der Waals surface area contributed by atoms with Crippen molar-refractivity contribution in [3.63, 3.8) is 0 Å². The molecule has 0 aromatic heterocycles. The Morgan fingerprint density at radius 1 is 1.27 bits per heavy atom. The maximum Gasteiger partial charge on any atom is 0.325 e. The zero-order chi connectivity index (χ0) is 11.3. The Morgan fingerprint density at radius 2 is 1.87 bits per heavy atom. The number of aliphatic carboxylic acids is 1. The summed E-state index contributed by atoms with van der Waals surface area (Å²) in [5, 5.41) is 13.8. The van der Waals surface area contributed by atoms with Crippen molar-refractivity contribution in [2.75, 3.05) is 0 Å². The zero-order valence-corrected chi connectivity index (χ0v) is 8.95. The number of hydrogen-bond acceptors (Lipinski definition) is 2. The van der Waals surface area contributed by atoms with Crippen molar-refractivity contribution in [1.82, 2.24) is 10.6 Å². The van der Waals surface area contributed by atoms with Gasteiger partial charge in [0.25, 0.3) is 0 Å². The number of nitrogens with one attached hydrogen (secondary N) is 2. The fraction of sp³-hybridized carbons (Fsp3) is 0.800. The second kappa shape index (κ2) is 5.58. The smallest absolute Gasteiger partial charge is 0.325 e. The largest absolute Gasteiger partial charge is 0.480 e. The van der Waals surface area contributed by atoms with Crippen LogP contribution in [-0.4, -0.2) is 29.2 Å². The minimum absolute atomic E-state index is 0.208. The SMILES string of the molecule is CC(NC(=O)NC1CCCCC1)C(=O)O. The molecule has 0 radical (unpaired) electrons. The molecule has 1 saturated carbocycles. The number of carboxylic acid groups (broad SMARTS) is 1. The van der Waals surface area contributed by atoms with Gasteiger partial charge < -0.3 is 15.7 Å². The third kappa shape index (κ3) is 4.18. The van der Waals surface area contributed by atoms with Gasteiger partial charge in [0.2, 0.25) is 0 Å². The highest BCUT2D eigenvalue weighted by molar-refractivity contribution is 5.82. The van der Waals surface area contributed by atoms with E-state index in [-0.39, 0.29) is 12.1 Å². The summed E-state index contributed by atoms with van der Waals surface area (Å²) in [5.74, 6) is -1.02. The molecule has 1 fully saturated rings. The van der Waals surface area contributed by atoms with Crippen molar-refractivity contribution in [2.45, 2.75) is 51.1 Å². The Labute approximate surface area is 89.2 Å². The molecule has 1 unspecified atom stereocenters. The molecule has 1 atom stereocenters. The number of rotatable bonds is 3. The molecule has 1 aliphatic carbocycles. The fourth-order valence-corrected chi connectivity index (χ4v) is 1.73. The molecule has 15 heavy (non-hydrogen) atoms. The van der Waals surface area contributed by atoms with Crippen molar-refractivity contribution in [1.29, 1.82) is 0 Å². The quantitative estimate of drug-likeness (QED) is 0.658. The lowest BCUT2D eigenvalue weighted by atomic mass is 9.96. The highest BCUT2D eigenvalue weighted by Crippen LogP contribution is 2.17. The average Bonchev–Trinajstić information content (AvgIpc) is 2.18. The molecule has 0 aliphatic heterocycles.